The van der Waals surface area contributed by atoms with E-state index in [1.165, 1.54) is 12.0 Å². The molecule has 1 fully saturated rings. The number of hydrogen-bond donors (Lipinski definition) is 1. The van der Waals surface area contributed by atoms with Crippen molar-refractivity contribution in [3.63, 3.8) is 0 Å². The molecule has 2 unspecified atom stereocenters. The fourth-order valence-corrected chi connectivity index (χ4v) is 2.11. The summed E-state index contributed by atoms with van der Waals surface area (Å²) in [5, 5.41) is 3.45. The van der Waals surface area contributed by atoms with E-state index in [1.807, 2.05) is 12.3 Å². The largest absolute Gasteiger partial charge is 0.381 e. The van der Waals surface area contributed by atoms with Crippen LogP contribution < -0.4 is 5.32 Å². The van der Waals surface area contributed by atoms with Crippen LogP contribution in [0.25, 0.3) is 0 Å². The Kier molecular flexibility index (Phi) is 3.21. The lowest BCUT2D eigenvalue weighted by atomic mass is 10.2. The number of pyridine rings is 1. The first-order chi connectivity index (χ1) is 7.28. The summed E-state index contributed by atoms with van der Waals surface area (Å²) in [6.07, 6.45) is 5.69. The first-order valence-corrected chi connectivity index (χ1v) is 5.50. The predicted octanol–water partition coefficient (Wildman–Crippen LogP) is 2.37. The minimum absolute atomic E-state index is 0.423. The lowest BCUT2D eigenvalue weighted by Crippen LogP contribution is -2.17. The highest BCUT2D eigenvalue weighted by Crippen LogP contribution is 2.24. The third-order valence-corrected chi connectivity index (χ3v) is 2.99. The number of hydrogen-bond acceptors (Lipinski definition) is 3. The Morgan fingerprint density at radius 1 is 1.47 bits per heavy atom. The van der Waals surface area contributed by atoms with Crippen molar-refractivity contribution in [2.45, 2.75) is 38.3 Å². The molecule has 1 heterocycles. The van der Waals surface area contributed by atoms with Crippen LogP contribution >= 0.6 is 0 Å². The van der Waals surface area contributed by atoms with Crippen LogP contribution in [0.2, 0.25) is 0 Å². The third kappa shape index (κ3) is 2.69. The van der Waals surface area contributed by atoms with E-state index in [4.69, 9.17) is 4.74 Å². The van der Waals surface area contributed by atoms with E-state index in [0.29, 0.717) is 12.1 Å². The van der Waals surface area contributed by atoms with Crippen LogP contribution in [0.4, 0.5) is 5.82 Å². The van der Waals surface area contributed by atoms with Crippen molar-refractivity contribution in [3.8, 4) is 0 Å². The van der Waals surface area contributed by atoms with Crippen molar-refractivity contribution in [2.24, 2.45) is 0 Å². The Balaban J connectivity index is 1.92. The topological polar surface area (TPSA) is 34.1 Å². The molecular weight excluding hydrogens is 188 g/mol. The van der Waals surface area contributed by atoms with Gasteiger partial charge in [0.25, 0.3) is 0 Å². The number of rotatable bonds is 3. The Morgan fingerprint density at radius 2 is 2.33 bits per heavy atom. The molecule has 15 heavy (non-hydrogen) atoms. The van der Waals surface area contributed by atoms with Gasteiger partial charge in [-0.05, 0) is 43.9 Å². The second kappa shape index (κ2) is 4.62. The van der Waals surface area contributed by atoms with Gasteiger partial charge in [-0.3, -0.25) is 0 Å². The molecule has 0 amide bonds. The maximum atomic E-state index is 5.34. The zero-order valence-corrected chi connectivity index (χ0v) is 9.36. The highest BCUT2D eigenvalue weighted by Gasteiger charge is 2.24. The van der Waals surface area contributed by atoms with Gasteiger partial charge in [0.15, 0.2) is 0 Å². The van der Waals surface area contributed by atoms with Gasteiger partial charge in [0, 0.05) is 19.3 Å². The van der Waals surface area contributed by atoms with E-state index >= 15 is 0 Å². The summed E-state index contributed by atoms with van der Waals surface area (Å²) in [6.45, 7) is 2.08. The van der Waals surface area contributed by atoms with Crippen LogP contribution in [0.15, 0.2) is 18.3 Å². The van der Waals surface area contributed by atoms with Crippen LogP contribution in [0, 0.1) is 6.92 Å². The number of ether oxygens (including phenoxy) is 1. The average Bonchev–Trinajstić information content (AvgIpc) is 2.65. The minimum Gasteiger partial charge on any atom is -0.381 e. The molecule has 0 aromatic carbocycles. The highest BCUT2D eigenvalue weighted by atomic mass is 16.5. The molecule has 0 saturated heterocycles. The highest BCUT2D eigenvalue weighted by molar-refractivity contribution is 5.38. The quantitative estimate of drug-likeness (QED) is 0.824. The van der Waals surface area contributed by atoms with Gasteiger partial charge in [0.05, 0.1) is 6.10 Å². The number of nitrogens with zero attached hydrogens (tertiary/aromatic N) is 1. The van der Waals surface area contributed by atoms with E-state index < -0.39 is 0 Å². The second-order valence-corrected chi connectivity index (χ2v) is 4.23. The smallest absolute Gasteiger partial charge is 0.126 e. The summed E-state index contributed by atoms with van der Waals surface area (Å²) in [6, 6.07) is 4.61. The molecule has 0 bridgehead atoms. The summed E-state index contributed by atoms with van der Waals surface area (Å²) in [4.78, 5) is 4.30. The number of aryl methyl sites for hydroxylation is 1. The fraction of sp³-hybridized carbons (Fsp3) is 0.583. The molecule has 0 aliphatic heterocycles. The standard InChI is InChI=1S/C12H18N2O/c1-9-5-6-13-12(7-9)14-10-3-4-11(8-10)15-2/h5-7,10-11H,3-4,8H2,1-2H3,(H,13,14). The Labute approximate surface area is 90.9 Å². The summed E-state index contributed by atoms with van der Waals surface area (Å²) >= 11 is 0. The van der Waals surface area contributed by atoms with E-state index in [1.54, 1.807) is 7.11 Å². The van der Waals surface area contributed by atoms with Crippen molar-refractivity contribution in [3.05, 3.63) is 23.9 Å². The molecule has 0 spiro atoms. The van der Waals surface area contributed by atoms with Crippen molar-refractivity contribution < 1.29 is 4.74 Å². The first-order valence-electron chi connectivity index (χ1n) is 5.50. The molecule has 1 aliphatic rings. The molecule has 1 aliphatic carbocycles. The van der Waals surface area contributed by atoms with Gasteiger partial charge in [0.1, 0.15) is 5.82 Å². The van der Waals surface area contributed by atoms with Crippen LogP contribution in [0.5, 0.6) is 0 Å². The monoisotopic (exact) mass is 206 g/mol. The molecule has 1 aromatic heterocycles. The summed E-state index contributed by atoms with van der Waals surface area (Å²) in [7, 11) is 1.79. The molecule has 2 rings (SSSR count). The molecular formula is C12H18N2O. The molecule has 3 heteroatoms. The zero-order valence-electron chi connectivity index (χ0n) is 9.36. The van der Waals surface area contributed by atoms with Gasteiger partial charge < -0.3 is 10.1 Å². The maximum Gasteiger partial charge on any atom is 0.126 e. The summed E-state index contributed by atoms with van der Waals surface area (Å²) in [5.41, 5.74) is 1.24. The number of nitrogens with one attached hydrogen (secondary N) is 1. The molecule has 2 atom stereocenters. The van der Waals surface area contributed by atoms with Crippen molar-refractivity contribution in [1.29, 1.82) is 0 Å². The Bertz CT molecular complexity index is 327. The van der Waals surface area contributed by atoms with E-state index in [0.717, 1.165) is 18.7 Å². The van der Waals surface area contributed by atoms with Crippen molar-refractivity contribution in [1.82, 2.24) is 4.98 Å². The van der Waals surface area contributed by atoms with Gasteiger partial charge >= 0.3 is 0 Å². The average molecular weight is 206 g/mol. The lowest BCUT2D eigenvalue weighted by Gasteiger charge is -2.13. The molecule has 3 nitrogen and oxygen atoms in total. The molecule has 1 aromatic rings. The summed E-state index contributed by atoms with van der Waals surface area (Å²) in [5.74, 6) is 0.983. The maximum absolute atomic E-state index is 5.34. The van der Waals surface area contributed by atoms with Gasteiger partial charge in [-0.25, -0.2) is 4.98 Å². The van der Waals surface area contributed by atoms with Crippen LogP contribution in [-0.4, -0.2) is 24.2 Å². The van der Waals surface area contributed by atoms with E-state index in [-0.39, 0.29) is 0 Å². The van der Waals surface area contributed by atoms with E-state index in [9.17, 15) is 0 Å². The van der Waals surface area contributed by atoms with Crippen molar-refractivity contribution >= 4 is 5.82 Å². The van der Waals surface area contributed by atoms with Gasteiger partial charge in [-0.2, -0.15) is 0 Å². The fourth-order valence-electron chi connectivity index (χ4n) is 2.11. The number of methoxy groups -OCH3 is 1. The second-order valence-electron chi connectivity index (χ2n) is 4.23. The van der Waals surface area contributed by atoms with Crippen LogP contribution in [0.3, 0.4) is 0 Å². The molecule has 1 saturated carbocycles. The number of aromatic nitrogens is 1. The third-order valence-electron chi connectivity index (χ3n) is 2.99. The van der Waals surface area contributed by atoms with Gasteiger partial charge in [-0.1, -0.05) is 0 Å². The zero-order chi connectivity index (χ0) is 10.7. The minimum atomic E-state index is 0.423. The lowest BCUT2D eigenvalue weighted by molar-refractivity contribution is 0.108. The van der Waals surface area contributed by atoms with Gasteiger partial charge in [-0.15, -0.1) is 0 Å². The molecule has 1 N–H and O–H groups in total. The molecule has 0 radical (unpaired) electrons. The molecule has 82 valence electrons. The van der Waals surface area contributed by atoms with Crippen LogP contribution in [0.1, 0.15) is 24.8 Å². The first kappa shape index (κ1) is 10.4. The SMILES string of the molecule is COC1CCC(Nc2cc(C)ccn2)C1. The van der Waals surface area contributed by atoms with E-state index in [2.05, 4.69) is 23.3 Å². The normalized spacial score (nSPS) is 25.5. The predicted molar refractivity (Wildman–Crippen MR) is 61.0 cm³/mol. The number of anilines is 1. The Hall–Kier alpha value is -1.09. The van der Waals surface area contributed by atoms with Crippen LogP contribution in [-0.2, 0) is 4.74 Å². The van der Waals surface area contributed by atoms with Crippen molar-refractivity contribution in [2.75, 3.05) is 12.4 Å². The summed E-state index contributed by atoms with van der Waals surface area (Å²) < 4.78 is 5.34. The van der Waals surface area contributed by atoms with Gasteiger partial charge in [0.2, 0.25) is 0 Å². The Morgan fingerprint density at radius 3 is 3.00 bits per heavy atom.